The maximum Gasteiger partial charge on any atom is 0.145 e. The molecule has 0 saturated heterocycles. The summed E-state index contributed by atoms with van der Waals surface area (Å²) >= 11 is 1.99. The first-order valence-corrected chi connectivity index (χ1v) is 6.88. The zero-order valence-electron chi connectivity index (χ0n) is 9.00. The van der Waals surface area contributed by atoms with E-state index in [1.165, 1.54) is 25.7 Å². The first-order chi connectivity index (χ1) is 6.75. The van der Waals surface area contributed by atoms with Gasteiger partial charge >= 0.3 is 0 Å². The fourth-order valence-electron chi connectivity index (χ4n) is 2.66. The minimum Gasteiger partial charge on any atom is -0.298 e. The first kappa shape index (κ1) is 10.5. The number of hydrogen-bond acceptors (Lipinski definition) is 2. The fraction of sp³-hybridized carbons (Fsp3) is 0.917. The van der Waals surface area contributed by atoms with E-state index in [2.05, 4.69) is 6.92 Å². The molecule has 3 unspecified atom stereocenters. The molecular formula is C12H20OS. The molecule has 0 aromatic carbocycles. The average Bonchev–Trinajstić information content (AvgIpc) is 2.52. The highest BCUT2D eigenvalue weighted by Gasteiger charge is 2.29. The Labute approximate surface area is 91.0 Å². The Balaban J connectivity index is 1.81. The molecule has 2 aliphatic rings. The summed E-state index contributed by atoms with van der Waals surface area (Å²) in [4.78, 5) is 11.5. The largest absolute Gasteiger partial charge is 0.298 e. The van der Waals surface area contributed by atoms with Crippen molar-refractivity contribution in [2.24, 2.45) is 5.92 Å². The molecular weight excluding hydrogens is 192 g/mol. The molecule has 2 rings (SSSR count). The highest BCUT2D eigenvalue weighted by atomic mass is 32.2. The topological polar surface area (TPSA) is 17.1 Å². The number of carbonyl (C=O) groups excluding carboxylic acids is 1. The van der Waals surface area contributed by atoms with Crippen molar-refractivity contribution in [1.82, 2.24) is 0 Å². The van der Waals surface area contributed by atoms with Gasteiger partial charge in [0.15, 0.2) is 0 Å². The molecule has 0 N–H and O–H groups in total. The molecule has 14 heavy (non-hydrogen) atoms. The van der Waals surface area contributed by atoms with Gasteiger partial charge in [-0.1, -0.05) is 19.8 Å². The minimum absolute atomic E-state index is 0.366. The predicted octanol–water partition coefficient (Wildman–Crippen LogP) is 3.42. The van der Waals surface area contributed by atoms with Crippen LogP contribution in [0.3, 0.4) is 0 Å². The number of hydrogen-bond donors (Lipinski definition) is 0. The van der Waals surface area contributed by atoms with Gasteiger partial charge in [-0.05, 0) is 31.6 Å². The summed E-state index contributed by atoms with van der Waals surface area (Å²) in [5.41, 5.74) is 0. The number of rotatable bonds is 2. The van der Waals surface area contributed by atoms with Crippen molar-refractivity contribution in [2.45, 2.75) is 62.4 Å². The second-order valence-corrected chi connectivity index (χ2v) is 6.38. The molecule has 0 spiro atoms. The second-order valence-electron chi connectivity index (χ2n) is 4.88. The first-order valence-electron chi connectivity index (χ1n) is 5.94. The summed E-state index contributed by atoms with van der Waals surface area (Å²) in [7, 11) is 0. The van der Waals surface area contributed by atoms with Crippen LogP contribution >= 0.6 is 11.8 Å². The highest BCUT2D eigenvalue weighted by Crippen LogP contribution is 2.37. The Hall–Kier alpha value is 0.0200. The van der Waals surface area contributed by atoms with Gasteiger partial charge < -0.3 is 0 Å². The number of Topliss-reactive ketones (excluding diaryl/α,β-unsaturated/α-hetero) is 1. The maximum atomic E-state index is 11.5. The van der Waals surface area contributed by atoms with Gasteiger partial charge in [0.2, 0.25) is 0 Å². The van der Waals surface area contributed by atoms with E-state index in [1.807, 2.05) is 11.8 Å². The lowest BCUT2D eigenvalue weighted by atomic mass is 9.91. The quantitative estimate of drug-likeness (QED) is 0.697. The molecule has 2 heteroatoms. The average molecular weight is 212 g/mol. The van der Waals surface area contributed by atoms with Crippen LogP contribution in [-0.2, 0) is 4.79 Å². The van der Waals surface area contributed by atoms with Crippen LogP contribution < -0.4 is 0 Å². The lowest BCUT2D eigenvalue weighted by molar-refractivity contribution is -0.116. The van der Waals surface area contributed by atoms with Crippen LogP contribution in [0.5, 0.6) is 0 Å². The SMILES string of the molecule is CC1CCCC(SC2CCCC2=O)C1. The van der Waals surface area contributed by atoms with Crippen molar-refractivity contribution in [3.8, 4) is 0 Å². The molecule has 3 atom stereocenters. The zero-order chi connectivity index (χ0) is 9.97. The van der Waals surface area contributed by atoms with E-state index in [4.69, 9.17) is 0 Å². The summed E-state index contributed by atoms with van der Waals surface area (Å²) in [6.07, 6.45) is 8.59. The molecule has 80 valence electrons. The Morgan fingerprint density at radius 2 is 2.07 bits per heavy atom. The van der Waals surface area contributed by atoms with Crippen molar-refractivity contribution in [1.29, 1.82) is 0 Å². The highest BCUT2D eigenvalue weighted by molar-refractivity contribution is 8.01. The molecule has 2 saturated carbocycles. The maximum absolute atomic E-state index is 11.5. The van der Waals surface area contributed by atoms with E-state index in [-0.39, 0.29) is 0 Å². The number of thioether (sulfide) groups is 1. The van der Waals surface area contributed by atoms with E-state index in [0.29, 0.717) is 11.0 Å². The Kier molecular flexibility index (Phi) is 3.53. The summed E-state index contributed by atoms with van der Waals surface area (Å²) < 4.78 is 0. The molecule has 0 aromatic heterocycles. The number of carbonyl (C=O) groups is 1. The lowest BCUT2D eigenvalue weighted by Gasteiger charge is -2.27. The summed E-state index contributed by atoms with van der Waals surface area (Å²) in [5.74, 6) is 1.41. The summed E-state index contributed by atoms with van der Waals surface area (Å²) in [6.45, 7) is 2.35. The van der Waals surface area contributed by atoms with Gasteiger partial charge in [0, 0.05) is 11.7 Å². The third-order valence-electron chi connectivity index (χ3n) is 3.49. The van der Waals surface area contributed by atoms with Crippen LogP contribution in [-0.4, -0.2) is 16.3 Å². The van der Waals surface area contributed by atoms with Crippen molar-refractivity contribution >= 4 is 17.5 Å². The summed E-state index contributed by atoms with van der Waals surface area (Å²) in [5, 5.41) is 1.15. The molecule has 0 aromatic rings. The molecule has 0 heterocycles. The van der Waals surface area contributed by atoms with Gasteiger partial charge in [0.25, 0.3) is 0 Å². The van der Waals surface area contributed by atoms with Crippen molar-refractivity contribution < 1.29 is 4.79 Å². The van der Waals surface area contributed by atoms with Gasteiger partial charge in [-0.3, -0.25) is 4.79 Å². The minimum atomic E-state index is 0.366. The Morgan fingerprint density at radius 1 is 1.21 bits per heavy atom. The van der Waals surface area contributed by atoms with Gasteiger partial charge in [-0.2, -0.15) is 0 Å². The third kappa shape index (κ3) is 2.53. The van der Waals surface area contributed by atoms with Crippen LogP contribution in [0.25, 0.3) is 0 Å². The van der Waals surface area contributed by atoms with Gasteiger partial charge in [0.1, 0.15) is 5.78 Å². The predicted molar refractivity (Wildman–Crippen MR) is 61.7 cm³/mol. The van der Waals surface area contributed by atoms with E-state index in [9.17, 15) is 4.79 Å². The van der Waals surface area contributed by atoms with Crippen LogP contribution in [0.15, 0.2) is 0 Å². The lowest BCUT2D eigenvalue weighted by Crippen LogP contribution is -2.20. The van der Waals surface area contributed by atoms with Gasteiger partial charge in [0.05, 0.1) is 5.25 Å². The van der Waals surface area contributed by atoms with Crippen LogP contribution in [0.4, 0.5) is 0 Å². The third-order valence-corrected chi connectivity index (χ3v) is 5.13. The van der Waals surface area contributed by atoms with Crippen LogP contribution in [0.2, 0.25) is 0 Å². The molecule has 0 bridgehead atoms. The van der Waals surface area contributed by atoms with E-state index in [0.717, 1.165) is 30.4 Å². The van der Waals surface area contributed by atoms with Crippen LogP contribution in [0, 0.1) is 5.92 Å². The smallest absolute Gasteiger partial charge is 0.145 e. The molecule has 0 amide bonds. The van der Waals surface area contributed by atoms with E-state index >= 15 is 0 Å². The molecule has 0 radical (unpaired) electrons. The van der Waals surface area contributed by atoms with Crippen molar-refractivity contribution in [2.75, 3.05) is 0 Å². The number of ketones is 1. The molecule has 2 fully saturated rings. The fourth-order valence-corrected chi connectivity index (χ4v) is 4.44. The standard InChI is InChI=1S/C12H20OS/c1-9-4-2-5-10(8-9)14-12-7-3-6-11(12)13/h9-10,12H,2-8H2,1H3. The monoisotopic (exact) mass is 212 g/mol. The van der Waals surface area contributed by atoms with Crippen LogP contribution in [0.1, 0.15) is 51.9 Å². The van der Waals surface area contributed by atoms with Gasteiger partial charge in [-0.25, -0.2) is 0 Å². The van der Waals surface area contributed by atoms with Gasteiger partial charge in [-0.15, -0.1) is 11.8 Å². The van der Waals surface area contributed by atoms with Crippen molar-refractivity contribution in [3.05, 3.63) is 0 Å². The summed E-state index contributed by atoms with van der Waals surface area (Å²) in [6, 6.07) is 0. The van der Waals surface area contributed by atoms with E-state index < -0.39 is 0 Å². The van der Waals surface area contributed by atoms with E-state index in [1.54, 1.807) is 0 Å². The molecule has 2 aliphatic carbocycles. The Bertz CT molecular complexity index is 214. The molecule has 1 nitrogen and oxygen atoms in total. The van der Waals surface area contributed by atoms with Crippen molar-refractivity contribution in [3.63, 3.8) is 0 Å². The zero-order valence-corrected chi connectivity index (χ0v) is 9.81. The second kappa shape index (κ2) is 4.69. The molecule has 0 aliphatic heterocycles. The normalized spacial score (nSPS) is 38.9. The Morgan fingerprint density at radius 3 is 2.71 bits per heavy atom.